The van der Waals surface area contributed by atoms with Gasteiger partial charge in [-0.2, -0.15) is 0 Å². The Bertz CT molecular complexity index is 670. The first kappa shape index (κ1) is 13.5. The molecule has 0 saturated carbocycles. The van der Waals surface area contributed by atoms with Crippen LogP contribution in [0.3, 0.4) is 0 Å². The summed E-state index contributed by atoms with van der Waals surface area (Å²) in [6.45, 7) is 2.47. The topological polar surface area (TPSA) is 85.1 Å². The van der Waals surface area contributed by atoms with Crippen LogP contribution in [-0.4, -0.2) is 13.4 Å². The highest BCUT2D eigenvalue weighted by Gasteiger charge is 2.09. The second-order valence-electron chi connectivity index (χ2n) is 4.24. The van der Waals surface area contributed by atoms with E-state index in [1.54, 1.807) is 24.5 Å². The maximum Gasteiger partial charge on any atom is 0.238 e. The number of pyridine rings is 1. The van der Waals surface area contributed by atoms with Crippen molar-refractivity contribution in [1.29, 1.82) is 0 Å². The smallest absolute Gasteiger partial charge is 0.238 e. The van der Waals surface area contributed by atoms with Crippen molar-refractivity contribution in [3.05, 3.63) is 53.9 Å². The van der Waals surface area contributed by atoms with Gasteiger partial charge >= 0.3 is 0 Å². The van der Waals surface area contributed by atoms with Crippen molar-refractivity contribution >= 4 is 15.7 Å². The van der Waals surface area contributed by atoms with Gasteiger partial charge in [-0.25, -0.2) is 13.6 Å². The number of rotatable bonds is 4. The van der Waals surface area contributed by atoms with Crippen molar-refractivity contribution in [1.82, 2.24) is 4.98 Å². The van der Waals surface area contributed by atoms with Crippen LogP contribution < -0.4 is 10.5 Å². The van der Waals surface area contributed by atoms with Crippen LogP contribution in [0.1, 0.15) is 11.1 Å². The van der Waals surface area contributed by atoms with Crippen molar-refractivity contribution in [3.8, 4) is 0 Å². The highest BCUT2D eigenvalue weighted by atomic mass is 32.2. The van der Waals surface area contributed by atoms with Gasteiger partial charge in [-0.3, -0.25) is 4.98 Å². The molecule has 0 unspecified atom stereocenters. The molecule has 0 aliphatic heterocycles. The van der Waals surface area contributed by atoms with E-state index in [1.165, 1.54) is 6.07 Å². The molecule has 0 aliphatic rings. The fourth-order valence-corrected chi connectivity index (χ4v) is 2.21. The molecule has 1 aromatic carbocycles. The molecule has 19 heavy (non-hydrogen) atoms. The molecule has 1 aromatic heterocycles. The summed E-state index contributed by atoms with van der Waals surface area (Å²) in [5, 5.41) is 8.30. The van der Waals surface area contributed by atoms with Gasteiger partial charge in [0.1, 0.15) is 0 Å². The zero-order chi connectivity index (χ0) is 13.9. The van der Waals surface area contributed by atoms with Gasteiger partial charge in [-0.1, -0.05) is 12.1 Å². The van der Waals surface area contributed by atoms with E-state index >= 15 is 0 Å². The van der Waals surface area contributed by atoms with Gasteiger partial charge in [-0.15, -0.1) is 0 Å². The Morgan fingerprint density at radius 2 is 2.11 bits per heavy atom. The van der Waals surface area contributed by atoms with E-state index in [4.69, 9.17) is 5.14 Å². The van der Waals surface area contributed by atoms with Crippen LogP contribution in [0.5, 0.6) is 0 Å². The predicted molar refractivity (Wildman–Crippen MR) is 74.1 cm³/mol. The second kappa shape index (κ2) is 5.38. The average Bonchev–Trinajstić information content (AvgIpc) is 2.37. The molecule has 0 amide bonds. The fourth-order valence-electron chi connectivity index (χ4n) is 1.67. The fraction of sp³-hybridized carbons (Fsp3) is 0.154. The lowest BCUT2D eigenvalue weighted by atomic mass is 10.2. The molecule has 0 saturated heterocycles. The number of benzene rings is 1. The number of hydrogen-bond acceptors (Lipinski definition) is 4. The summed E-state index contributed by atoms with van der Waals surface area (Å²) < 4.78 is 22.6. The van der Waals surface area contributed by atoms with Crippen molar-refractivity contribution in [2.45, 2.75) is 18.4 Å². The third-order valence-electron chi connectivity index (χ3n) is 2.74. The Kier molecular flexibility index (Phi) is 3.82. The normalized spacial score (nSPS) is 11.3. The molecule has 0 radical (unpaired) electrons. The summed E-state index contributed by atoms with van der Waals surface area (Å²) in [7, 11) is -3.68. The number of primary sulfonamides is 1. The molecule has 100 valence electrons. The minimum atomic E-state index is -3.68. The third-order valence-corrected chi connectivity index (χ3v) is 3.65. The van der Waals surface area contributed by atoms with Crippen LogP contribution in [0.25, 0.3) is 0 Å². The van der Waals surface area contributed by atoms with E-state index < -0.39 is 10.0 Å². The SMILES string of the molecule is Cc1ccc(S(N)(=O)=O)cc1NCc1cccnc1. The standard InChI is InChI=1S/C13H15N3O2S/c1-10-4-5-12(19(14,17)18)7-13(10)16-9-11-3-2-6-15-8-11/h2-8,16H,9H2,1H3,(H2,14,17,18). The monoisotopic (exact) mass is 277 g/mol. The lowest BCUT2D eigenvalue weighted by Gasteiger charge is -2.10. The number of nitrogens with two attached hydrogens (primary N) is 1. The van der Waals surface area contributed by atoms with Crippen LogP contribution in [0.15, 0.2) is 47.6 Å². The first-order chi connectivity index (χ1) is 8.97. The van der Waals surface area contributed by atoms with Gasteiger partial charge in [0.15, 0.2) is 0 Å². The molecule has 0 atom stereocenters. The number of aryl methyl sites for hydroxylation is 1. The highest BCUT2D eigenvalue weighted by Crippen LogP contribution is 2.20. The molecule has 5 nitrogen and oxygen atoms in total. The second-order valence-corrected chi connectivity index (χ2v) is 5.80. The van der Waals surface area contributed by atoms with Crippen LogP contribution in [-0.2, 0) is 16.6 Å². The van der Waals surface area contributed by atoms with Crippen molar-refractivity contribution in [2.24, 2.45) is 5.14 Å². The van der Waals surface area contributed by atoms with E-state index in [9.17, 15) is 8.42 Å². The summed E-state index contributed by atoms with van der Waals surface area (Å²) >= 11 is 0. The number of nitrogens with one attached hydrogen (secondary N) is 1. The van der Waals surface area contributed by atoms with Gasteiger partial charge in [0.05, 0.1) is 4.90 Å². The number of nitrogens with zero attached hydrogens (tertiary/aromatic N) is 1. The van der Waals surface area contributed by atoms with E-state index in [2.05, 4.69) is 10.3 Å². The van der Waals surface area contributed by atoms with E-state index in [-0.39, 0.29) is 4.90 Å². The Morgan fingerprint density at radius 3 is 2.74 bits per heavy atom. The van der Waals surface area contributed by atoms with Gasteiger partial charge in [0, 0.05) is 24.6 Å². The van der Waals surface area contributed by atoms with Crippen LogP contribution >= 0.6 is 0 Å². The summed E-state index contributed by atoms with van der Waals surface area (Å²) in [5.41, 5.74) is 2.72. The largest absolute Gasteiger partial charge is 0.381 e. The summed E-state index contributed by atoms with van der Waals surface area (Å²) in [5.74, 6) is 0. The van der Waals surface area contributed by atoms with Crippen LogP contribution in [0.2, 0.25) is 0 Å². The summed E-state index contributed by atoms with van der Waals surface area (Å²) in [4.78, 5) is 4.12. The minimum Gasteiger partial charge on any atom is -0.381 e. The molecule has 2 rings (SSSR count). The molecule has 3 N–H and O–H groups in total. The Balaban J connectivity index is 2.21. The minimum absolute atomic E-state index is 0.104. The number of anilines is 1. The maximum atomic E-state index is 11.3. The van der Waals surface area contributed by atoms with E-state index in [0.717, 1.165) is 16.8 Å². The lowest BCUT2D eigenvalue weighted by molar-refractivity contribution is 0.598. The first-order valence-electron chi connectivity index (χ1n) is 5.73. The highest BCUT2D eigenvalue weighted by molar-refractivity contribution is 7.89. The van der Waals surface area contributed by atoms with Gasteiger partial charge in [0.25, 0.3) is 0 Å². The molecular weight excluding hydrogens is 262 g/mol. The Labute approximate surface area is 112 Å². The van der Waals surface area contributed by atoms with Gasteiger partial charge in [-0.05, 0) is 36.2 Å². The quantitative estimate of drug-likeness (QED) is 0.889. The number of hydrogen-bond donors (Lipinski definition) is 2. The van der Waals surface area contributed by atoms with Gasteiger partial charge < -0.3 is 5.32 Å². The molecule has 2 aromatic rings. The molecule has 0 fully saturated rings. The van der Waals surface area contributed by atoms with E-state index in [1.807, 2.05) is 19.1 Å². The summed E-state index contributed by atoms with van der Waals surface area (Å²) in [6.07, 6.45) is 3.46. The Morgan fingerprint density at radius 1 is 1.32 bits per heavy atom. The maximum absolute atomic E-state index is 11.3. The predicted octanol–water partition coefficient (Wildman–Crippen LogP) is 1.65. The molecule has 0 aliphatic carbocycles. The van der Waals surface area contributed by atoms with Crippen LogP contribution in [0.4, 0.5) is 5.69 Å². The average molecular weight is 277 g/mol. The molecule has 0 spiro atoms. The zero-order valence-corrected chi connectivity index (χ0v) is 11.3. The molecule has 6 heteroatoms. The Hall–Kier alpha value is -1.92. The molecule has 0 bridgehead atoms. The van der Waals surface area contributed by atoms with Crippen molar-refractivity contribution in [3.63, 3.8) is 0 Å². The number of sulfonamides is 1. The molecule has 1 heterocycles. The van der Waals surface area contributed by atoms with Crippen molar-refractivity contribution in [2.75, 3.05) is 5.32 Å². The summed E-state index contributed by atoms with van der Waals surface area (Å²) in [6, 6.07) is 8.57. The van der Waals surface area contributed by atoms with E-state index in [0.29, 0.717) is 6.54 Å². The molecular formula is C13H15N3O2S. The first-order valence-corrected chi connectivity index (χ1v) is 7.28. The number of aromatic nitrogens is 1. The van der Waals surface area contributed by atoms with Gasteiger partial charge in [0.2, 0.25) is 10.0 Å². The van der Waals surface area contributed by atoms with Crippen LogP contribution in [0, 0.1) is 6.92 Å². The zero-order valence-electron chi connectivity index (χ0n) is 10.5. The third kappa shape index (κ3) is 3.52. The lowest BCUT2D eigenvalue weighted by Crippen LogP contribution is -2.13. The van der Waals surface area contributed by atoms with Crippen molar-refractivity contribution < 1.29 is 8.42 Å².